The Kier molecular flexibility index (Phi) is 2.79. The minimum Gasteiger partial charge on any atom is -0.394 e. The fourth-order valence-electron chi connectivity index (χ4n) is 1.85. The molecule has 2 heterocycles. The molecule has 0 aromatic rings. The van der Waals surface area contributed by atoms with Crippen LogP contribution in [-0.2, 0) is 14.2 Å². The second kappa shape index (κ2) is 3.77. The van der Waals surface area contributed by atoms with E-state index in [0.717, 1.165) is 12.8 Å². The highest BCUT2D eigenvalue weighted by Crippen LogP contribution is 2.30. The van der Waals surface area contributed by atoms with Gasteiger partial charge in [-0.25, -0.2) is 0 Å². The quantitative estimate of drug-likeness (QED) is 0.681. The summed E-state index contributed by atoms with van der Waals surface area (Å²) in [6.45, 7) is 4.66. The van der Waals surface area contributed by atoms with Crippen molar-refractivity contribution in [3.8, 4) is 0 Å². The van der Waals surface area contributed by atoms with Crippen LogP contribution in [0.4, 0.5) is 0 Å². The van der Waals surface area contributed by atoms with Gasteiger partial charge in [0.25, 0.3) is 0 Å². The summed E-state index contributed by atoms with van der Waals surface area (Å²) < 4.78 is 16.3. The lowest BCUT2D eigenvalue weighted by Gasteiger charge is -2.16. The zero-order chi connectivity index (χ0) is 10.2. The summed E-state index contributed by atoms with van der Waals surface area (Å²) in [5.74, 6) is -0.425. The summed E-state index contributed by atoms with van der Waals surface area (Å²) in [7, 11) is 0. The number of aliphatic hydroxyl groups is 1. The van der Waals surface area contributed by atoms with Crippen LogP contribution in [0.25, 0.3) is 0 Å². The molecule has 1 N–H and O–H groups in total. The van der Waals surface area contributed by atoms with E-state index in [1.54, 1.807) is 0 Å². The second-order valence-electron chi connectivity index (χ2n) is 4.42. The lowest BCUT2D eigenvalue weighted by Crippen LogP contribution is -2.21. The molecule has 2 aliphatic heterocycles. The molecule has 4 nitrogen and oxygen atoms in total. The Hall–Kier alpha value is -0.160. The molecule has 0 aromatic carbocycles. The topological polar surface area (TPSA) is 51.2 Å². The normalized spacial score (nSPS) is 40.1. The summed E-state index contributed by atoms with van der Waals surface area (Å²) in [4.78, 5) is 0. The third-order valence-corrected chi connectivity index (χ3v) is 2.71. The van der Waals surface area contributed by atoms with E-state index < -0.39 is 5.79 Å². The number of hydrogen-bond donors (Lipinski definition) is 1. The van der Waals surface area contributed by atoms with Gasteiger partial charge in [-0.2, -0.15) is 0 Å². The van der Waals surface area contributed by atoms with Crippen molar-refractivity contribution in [1.29, 1.82) is 0 Å². The predicted molar refractivity (Wildman–Crippen MR) is 49.9 cm³/mol. The Morgan fingerprint density at radius 2 is 2.07 bits per heavy atom. The highest BCUT2D eigenvalue weighted by molar-refractivity contribution is 4.85. The van der Waals surface area contributed by atoms with E-state index in [2.05, 4.69) is 0 Å². The number of hydrogen-bond acceptors (Lipinski definition) is 4. The lowest BCUT2D eigenvalue weighted by molar-refractivity contribution is -0.139. The van der Waals surface area contributed by atoms with Crippen LogP contribution in [0.1, 0.15) is 26.7 Å². The largest absolute Gasteiger partial charge is 0.394 e. The van der Waals surface area contributed by atoms with Crippen LogP contribution in [0.2, 0.25) is 0 Å². The van der Waals surface area contributed by atoms with Crippen molar-refractivity contribution in [3.63, 3.8) is 0 Å². The predicted octanol–water partition coefficient (Wildman–Crippen LogP) is 0.678. The van der Waals surface area contributed by atoms with Gasteiger partial charge in [0.15, 0.2) is 5.79 Å². The van der Waals surface area contributed by atoms with Gasteiger partial charge in [0.1, 0.15) is 6.10 Å². The monoisotopic (exact) mass is 202 g/mol. The molecule has 14 heavy (non-hydrogen) atoms. The number of rotatable bonds is 4. The van der Waals surface area contributed by atoms with Gasteiger partial charge >= 0.3 is 0 Å². The van der Waals surface area contributed by atoms with Crippen LogP contribution in [0.3, 0.4) is 0 Å². The fraction of sp³-hybridized carbons (Fsp3) is 1.00. The van der Waals surface area contributed by atoms with Crippen molar-refractivity contribution in [3.05, 3.63) is 0 Å². The van der Waals surface area contributed by atoms with Crippen molar-refractivity contribution in [1.82, 2.24) is 0 Å². The van der Waals surface area contributed by atoms with Crippen LogP contribution in [0, 0.1) is 0 Å². The molecule has 0 aliphatic carbocycles. The Labute approximate surface area is 84.1 Å². The summed E-state index contributed by atoms with van der Waals surface area (Å²) in [5, 5.41) is 8.77. The van der Waals surface area contributed by atoms with Crippen LogP contribution >= 0.6 is 0 Å². The molecule has 2 rings (SSSR count). The zero-order valence-corrected chi connectivity index (χ0v) is 8.73. The molecule has 2 fully saturated rings. The Morgan fingerprint density at radius 1 is 1.29 bits per heavy atom. The second-order valence-corrected chi connectivity index (χ2v) is 4.42. The molecule has 4 heteroatoms. The average molecular weight is 202 g/mol. The fourth-order valence-corrected chi connectivity index (χ4v) is 1.85. The van der Waals surface area contributed by atoms with Crippen LogP contribution < -0.4 is 0 Å². The third kappa shape index (κ3) is 2.45. The van der Waals surface area contributed by atoms with Crippen molar-refractivity contribution in [2.45, 2.75) is 50.8 Å². The number of epoxide rings is 1. The minimum absolute atomic E-state index is 0.0744. The molecule has 0 bridgehead atoms. The SMILES string of the molecule is CC1(C)OC[C@@H](CC[C@@H]2O[C@H]2CO)O1. The molecule has 82 valence electrons. The molecule has 0 amide bonds. The maximum Gasteiger partial charge on any atom is 0.163 e. The van der Waals surface area contributed by atoms with Crippen molar-refractivity contribution >= 4 is 0 Å². The van der Waals surface area contributed by atoms with Gasteiger partial charge in [0, 0.05) is 0 Å². The first-order valence-corrected chi connectivity index (χ1v) is 5.19. The number of aliphatic hydroxyl groups excluding tert-OH is 1. The Balaban J connectivity index is 1.63. The summed E-state index contributed by atoms with van der Waals surface area (Å²) >= 11 is 0. The molecule has 0 radical (unpaired) electrons. The molecule has 2 saturated heterocycles. The van der Waals surface area contributed by atoms with E-state index in [9.17, 15) is 0 Å². The van der Waals surface area contributed by atoms with E-state index in [1.165, 1.54) is 0 Å². The van der Waals surface area contributed by atoms with Gasteiger partial charge in [0.05, 0.1) is 25.4 Å². The first-order valence-electron chi connectivity index (χ1n) is 5.19. The summed E-state index contributed by atoms with van der Waals surface area (Å²) in [6, 6.07) is 0. The van der Waals surface area contributed by atoms with Gasteiger partial charge in [0.2, 0.25) is 0 Å². The average Bonchev–Trinajstić information content (AvgIpc) is 2.81. The van der Waals surface area contributed by atoms with E-state index in [1.807, 2.05) is 13.8 Å². The Morgan fingerprint density at radius 3 is 2.57 bits per heavy atom. The van der Waals surface area contributed by atoms with Crippen LogP contribution in [0.5, 0.6) is 0 Å². The highest BCUT2D eigenvalue weighted by atomic mass is 16.7. The maximum absolute atomic E-state index is 8.77. The molecule has 2 aliphatic rings. The summed E-state index contributed by atoms with van der Waals surface area (Å²) in [5.41, 5.74) is 0. The first-order chi connectivity index (χ1) is 6.61. The van der Waals surface area contributed by atoms with Crippen molar-refractivity contribution in [2.75, 3.05) is 13.2 Å². The van der Waals surface area contributed by atoms with E-state index in [-0.39, 0.29) is 24.9 Å². The lowest BCUT2D eigenvalue weighted by atomic mass is 10.1. The van der Waals surface area contributed by atoms with Crippen LogP contribution in [0.15, 0.2) is 0 Å². The molecule has 0 aromatic heterocycles. The minimum atomic E-state index is -0.425. The van der Waals surface area contributed by atoms with E-state index >= 15 is 0 Å². The molecular formula is C10H18O4. The summed E-state index contributed by atoms with van der Waals surface area (Å²) in [6.07, 6.45) is 2.41. The third-order valence-electron chi connectivity index (χ3n) is 2.71. The van der Waals surface area contributed by atoms with Crippen LogP contribution in [-0.4, -0.2) is 42.4 Å². The van der Waals surface area contributed by atoms with Crippen molar-refractivity contribution < 1.29 is 19.3 Å². The van der Waals surface area contributed by atoms with Gasteiger partial charge < -0.3 is 19.3 Å². The molecule has 0 spiro atoms. The molecular weight excluding hydrogens is 184 g/mol. The van der Waals surface area contributed by atoms with E-state index in [4.69, 9.17) is 19.3 Å². The standard InChI is InChI=1S/C10H18O4/c1-10(2)12-6-7(14-10)3-4-8-9(5-11)13-8/h7-9,11H,3-6H2,1-2H3/t7-,8+,9+/m1/s1. The van der Waals surface area contributed by atoms with Gasteiger partial charge in [-0.05, 0) is 26.7 Å². The van der Waals surface area contributed by atoms with Gasteiger partial charge in [-0.3, -0.25) is 0 Å². The Bertz CT molecular complexity index is 204. The van der Waals surface area contributed by atoms with E-state index in [0.29, 0.717) is 6.61 Å². The van der Waals surface area contributed by atoms with Crippen molar-refractivity contribution in [2.24, 2.45) is 0 Å². The zero-order valence-electron chi connectivity index (χ0n) is 8.73. The molecule has 0 saturated carbocycles. The molecule has 3 atom stereocenters. The molecule has 0 unspecified atom stereocenters. The highest BCUT2D eigenvalue weighted by Gasteiger charge is 2.39. The number of ether oxygens (including phenoxy) is 3. The van der Waals surface area contributed by atoms with Gasteiger partial charge in [-0.15, -0.1) is 0 Å². The first kappa shape index (κ1) is 10.4. The smallest absolute Gasteiger partial charge is 0.163 e. The maximum atomic E-state index is 8.77. The van der Waals surface area contributed by atoms with Gasteiger partial charge in [-0.1, -0.05) is 0 Å².